The zero-order valence-electron chi connectivity index (χ0n) is 14.2. The molecule has 0 bridgehead atoms. The van der Waals surface area contributed by atoms with Crippen LogP contribution in [0.5, 0.6) is 5.75 Å². The predicted octanol–water partition coefficient (Wildman–Crippen LogP) is 3.85. The van der Waals surface area contributed by atoms with Crippen molar-refractivity contribution in [3.8, 4) is 5.75 Å². The third-order valence-corrected chi connectivity index (χ3v) is 3.89. The van der Waals surface area contributed by atoms with E-state index < -0.39 is 0 Å². The normalized spacial score (nSPS) is 14.0. The SMILES string of the molecule is CC(C)Oc1ccc(Nc2cncc(C(=O)N3CCCC3)c2)cc1. The molecule has 3 rings (SSSR count). The molecule has 0 aliphatic carbocycles. The molecule has 1 aromatic carbocycles. The summed E-state index contributed by atoms with van der Waals surface area (Å²) in [6, 6.07) is 9.61. The Morgan fingerprint density at radius 1 is 1.12 bits per heavy atom. The van der Waals surface area contributed by atoms with E-state index in [0.717, 1.165) is 43.1 Å². The van der Waals surface area contributed by atoms with Gasteiger partial charge in [0.1, 0.15) is 5.75 Å². The molecule has 1 saturated heterocycles. The number of nitrogens with zero attached hydrogens (tertiary/aromatic N) is 2. The molecular formula is C19H23N3O2. The number of benzene rings is 1. The van der Waals surface area contributed by atoms with Crippen molar-refractivity contribution < 1.29 is 9.53 Å². The molecule has 0 unspecified atom stereocenters. The third-order valence-electron chi connectivity index (χ3n) is 3.89. The van der Waals surface area contributed by atoms with Gasteiger partial charge < -0.3 is 15.0 Å². The van der Waals surface area contributed by atoms with Gasteiger partial charge in [-0.3, -0.25) is 9.78 Å². The summed E-state index contributed by atoms with van der Waals surface area (Å²) in [5.74, 6) is 0.899. The van der Waals surface area contributed by atoms with Crippen molar-refractivity contribution in [3.63, 3.8) is 0 Å². The van der Waals surface area contributed by atoms with E-state index in [2.05, 4.69) is 10.3 Å². The quantitative estimate of drug-likeness (QED) is 0.907. The van der Waals surface area contributed by atoms with Gasteiger partial charge in [0.25, 0.3) is 5.91 Å². The molecule has 1 aliphatic heterocycles. The number of aromatic nitrogens is 1. The summed E-state index contributed by atoms with van der Waals surface area (Å²) in [5.41, 5.74) is 2.36. The van der Waals surface area contributed by atoms with E-state index in [9.17, 15) is 4.79 Å². The zero-order valence-corrected chi connectivity index (χ0v) is 14.2. The minimum absolute atomic E-state index is 0.0596. The number of rotatable bonds is 5. The summed E-state index contributed by atoms with van der Waals surface area (Å²) in [7, 11) is 0. The number of ether oxygens (including phenoxy) is 1. The minimum Gasteiger partial charge on any atom is -0.491 e. The van der Waals surface area contributed by atoms with Crippen LogP contribution < -0.4 is 10.1 Å². The number of hydrogen-bond acceptors (Lipinski definition) is 4. The first kappa shape index (κ1) is 16.3. The van der Waals surface area contributed by atoms with Gasteiger partial charge in [0.05, 0.1) is 23.6 Å². The number of hydrogen-bond donors (Lipinski definition) is 1. The molecule has 5 nitrogen and oxygen atoms in total. The van der Waals surface area contributed by atoms with E-state index >= 15 is 0 Å². The average Bonchev–Trinajstić information content (AvgIpc) is 3.10. The summed E-state index contributed by atoms with van der Waals surface area (Å²) in [6.45, 7) is 5.68. The molecule has 1 aliphatic rings. The van der Waals surface area contributed by atoms with Gasteiger partial charge in [0.2, 0.25) is 0 Å². The molecule has 1 fully saturated rings. The summed E-state index contributed by atoms with van der Waals surface area (Å²) < 4.78 is 5.64. The van der Waals surface area contributed by atoms with Gasteiger partial charge >= 0.3 is 0 Å². The van der Waals surface area contributed by atoms with Gasteiger partial charge in [-0.25, -0.2) is 0 Å². The highest BCUT2D eigenvalue weighted by molar-refractivity contribution is 5.95. The molecule has 1 amide bonds. The Morgan fingerprint density at radius 2 is 1.83 bits per heavy atom. The Labute approximate surface area is 142 Å². The van der Waals surface area contributed by atoms with Gasteiger partial charge in [-0.15, -0.1) is 0 Å². The van der Waals surface area contributed by atoms with Crippen molar-refractivity contribution >= 4 is 17.3 Å². The smallest absolute Gasteiger partial charge is 0.255 e. The van der Waals surface area contributed by atoms with Gasteiger partial charge in [0, 0.05) is 25.0 Å². The van der Waals surface area contributed by atoms with Crippen molar-refractivity contribution in [1.29, 1.82) is 0 Å². The molecule has 2 heterocycles. The molecule has 1 aromatic heterocycles. The van der Waals surface area contributed by atoms with E-state index in [1.54, 1.807) is 12.4 Å². The highest BCUT2D eigenvalue weighted by atomic mass is 16.5. The number of nitrogens with one attached hydrogen (secondary N) is 1. The second-order valence-corrected chi connectivity index (χ2v) is 6.28. The van der Waals surface area contributed by atoms with Gasteiger partial charge in [-0.05, 0) is 57.0 Å². The Kier molecular flexibility index (Phi) is 4.99. The van der Waals surface area contributed by atoms with E-state index in [-0.39, 0.29) is 12.0 Å². The molecular weight excluding hydrogens is 302 g/mol. The van der Waals surface area contributed by atoms with Crippen LogP contribution in [-0.4, -0.2) is 35.0 Å². The molecule has 0 radical (unpaired) electrons. The first-order valence-corrected chi connectivity index (χ1v) is 8.40. The van der Waals surface area contributed by atoms with E-state index in [1.807, 2.05) is 49.1 Å². The van der Waals surface area contributed by atoms with E-state index in [1.165, 1.54) is 0 Å². The Bertz CT molecular complexity index is 692. The number of carbonyl (C=O) groups is 1. The molecule has 1 N–H and O–H groups in total. The van der Waals surface area contributed by atoms with Crippen LogP contribution in [0.1, 0.15) is 37.0 Å². The topological polar surface area (TPSA) is 54.5 Å². The lowest BCUT2D eigenvalue weighted by molar-refractivity contribution is 0.0792. The first-order chi connectivity index (χ1) is 11.6. The number of carbonyl (C=O) groups excluding carboxylic acids is 1. The molecule has 24 heavy (non-hydrogen) atoms. The van der Waals surface area contributed by atoms with Gasteiger partial charge in [0.15, 0.2) is 0 Å². The Balaban J connectivity index is 1.69. The molecule has 126 valence electrons. The number of pyridine rings is 1. The Morgan fingerprint density at radius 3 is 2.50 bits per heavy atom. The number of likely N-dealkylation sites (tertiary alicyclic amines) is 1. The highest BCUT2D eigenvalue weighted by Crippen LogP contribution is 2.22. The third kappa shape index (κ3) is 4.04. The van der Waals surface area contributed by atoms with E-state index in [4.69, 9.17) is 4.74 Å². The predicted molar refractivity (Wildman–Crippen MR) is 94.9 cm³/mol. The molecule has 0 saturated carbocycles. The number of amides is 1. The van der Waals surface area contributed by atoms with Crippen LogP contribution >= 0.6 is 0 Å². The van der Waals surface area contributed by atoms with Crippen molar-refractivity contribution in [2.24, 2.45) is 0 Å². The monoisotopic (exact) mass is 325 g/mol. The van der Waals surface area contributed by atoms with Crippen LogP contribution in [0.4, 0.5) is 11.4 Å². The van der Waals surface area contributed by atoms with Crippen molar-refractivity contribution in [3.05, 3.63) is 48.3 Å². The lowest BCUT2D eigenvalue weighted by Crippen LogP contribution is -2.27. The maximum Gasteiger partial charge on any atom is 0.255 e. The second-order valence-electron chi connectivity index (χ2n) is 6.28. The maximum absolute atomic E-state index is 12.4. The van der Waals surface area contributed by atoms with E-state index in [0.29, 0.717) is 5.56 Å². The standard InChI is InChI=1S/C19H23N3O2/c1-14(2)24-18-7-5-16(6-8-18)21-17-11-15(12-20-13-17)19(23)22-9-3-4-10-22/h5-8,11-14,21H,3-4,9-10H2,1-2H3. The van der Waals surface area contributed by atoms with Gasteiger partial charge in [-0.2, -0.15) is 0 Å². The largest absolute Gasteiger partial charge is 0.491 e. The molecule has 0 spiro atoms. The van der Waals surface area contributed by atoms with Crippen LogP contribution in [-0.2, 0) is 0 Å². The molecule has 5 heteroatoms. The summed E-state index contributed by atoms with van der Waals surface area (Å²) in [5, 5.41) is 3.28. The highest BCUT2D eigenvalue weighted by Gasteiger charge is 2.19. The fraction of sp³-hybridized carbons (Fsp3) is 0.368. The minimum atomic E-state index is 0.0596. The van der Waals surface area contributed by atoms with Crippen LogP contribution in [0.25, 0.3) is 0 Å². The fourth-order valence-corrected chi connectivity index (χ4v) is 2.78. The van der Waals surface area contributed by atoms with Crippen molar-refractivity contribution in [1.82, 2.24) is 9.88 Å². The van der Waals surface area contributed by atoms with Crippen LogP contribution in [0.15, 0.2) is 42.7 Å². The number of anilines is 2. The molecule has 0 atom stereocenters. The van der Waals surface area contributed by atoms with Crippen LogP contribution in [0.2, 0.25) is 0 Å². The lowest BCUT2D eigenvalue weighted by Gasteiger charge is -2.15. The van der Waals surface area contributed by atoms with Crippen molar-refractivity contribution in [2.75, 3.05) is 18.4 Å². The maximum atomic E-state index is 12.4. The lowest BCUT2D eigenvalue weighted by atomic mass is 10.2. The fourth-order valence-electron chi connectivity index (χ4n) is 2.78. The average molecular weight is 325 g/mol. The summed E-state index contributed by atoms with van der Waals surface area (Å²) >= 11 is 0. The second kappa shape index (κ2) is 7.34. The summed E-state index contributed by atoms with van der Waals surface area (Å²) in [6.07, 6.45) is 5.68. The first-order valence-electron chi connectivity index (χ1n) is 8.40. The van der Waals surface area contributed by atoms with Gasteiger partial charge in [-0.1, -0.05) is 0 Å². The van der Waals surface area contributed by atoms with Crippen molar-refractivity contribution in [2.45, 2.75) is 32.8 Å². The Hall–Kier alpha value is -2.56. The zero-order chi connectivity index (χ0) is 16.9. The molecule has 2 aromatic rings. The van der Waals surface area contributed by atoms with Crippen LogP contribution in [0, 0.1) is 0 Å². The summed E-state index contributed by atoms with van der Waals surface area (Å²) in [4.78, 5) is 18.5. The van der Waals surface area contributed by atoms with Crippen LogP contribution in [0.3, 0.4) is 0 Å².